The van der Waals surface area contributed by atoms with Crippen LogP contribution in [-0.2, 0) is 0 Å². The van der Waals surface area contributed by atoms with Gasteiger partial charge in [-0.2, -0.15) is 0 Å². The van der Waals surface area contributed by atoms with Crippen molar-refractivity contribution in [1.29, 1.82) is 0 Å². The van der Waals surface area contributed by atoms with Crippen molar-refractivity contribution in [2.75, 3.05) is 0 Å². The highest BCUT2D eigenvalue weighted by Gasteiger charge is 2.06. The predicted octanol–water partition coefficient (Wildman–Crippen LogP) is 2.81. The van der Waals surface area contributed by atoms with Gasteiger partial charge in [0, 0.05) is 5.19 Å². The molecule has 5 heteroatoms. The summed E-state index contributed by atoms with van der Waals surface area (Å²) in [5.41, 5.74) is 0. The molecule has 3 aromatic rings. The van der Waals surface area contributed by atoms with Gasteiger partial charge in [0.05, 0.1) is 0 Å². The van der Waals surface area contributed by atoms with E-state index in [0.717, 1.165) is 0 Å². The first kappa shape index (κ1) is 16.4. The Kier molecular flexibility index (Phi) is 6.08. The molecule has 0 aliphatic rings. The minimum absolute atomic E-state index is 0.0329. The molecule has 3 N–H and O–H groups in total. The Morgan fingerprint density at radius 2 is 1.17 bits per heavy atom. The van der Waals surface area contributed by atoms with Crippen molar-refractivity contribution in [1.82, 2.24) is 0 Å². The van der Waals surface area contributed by atoms with E-state index in [1.807, 2.05) is 12.1 Å². The van der Waals surface area contributed by atoms with Crippen molar-refractivity contribution in [3.05, 3.63) is 78.9 Å². The van der Waals surface area contributed by atoms with Crippen molar-refractivity contribution < 1.29 is 19.7 Å². The number of hydrogen-bond donors (Lipinski definition) is 3. The lowest BCUT2D eigenvalue weighted by atomic mass is 10.3. The summed E-state index contributed by atoms with van der Waals surface area (Å²) in [7, 11) is -0.0329. The Morgan fingerprint density at radius 3 is 1.74 bits per heavy atom. The summed E-state index contributed by atoms with van der Waals surface area (Å²) in [6, 6.07) is 22.4. The molecule has 23 heavy (non-hydrogen) atoms. The number of para-hydroxylation sites is 4. The molecule has 2 radical (unpaired) electrons. The fraction of sp³-hybridized carbons (Fsp3) is 0. The molecule has 0 spiro atoms. The Morgan fingerprint density at radius 1 is 0.609 bits per heavy atom. The molecule has 0 saturated carbocycles. The third kappa shape index (κ3) is 5.41. The lowest BCUT2D eigenvalue weighted by Crippen LogP contribution is -2.20. The maximum Gasteiger partial charge on any atom is 0.355 e. The zero-order valence-corrected chi connectivity index (χ0v) is 13.3. The lowest BCUT2D eigenvalue weighted by Gasteiger charge is -2.07. The largest absolute Gasteiger partial charge is 0.533 e. The molecule has 116 valence electrons. The van der Waals surface area contributed by atoms with Crippen molar-refractivity contribution in [3.8, 4) is 23.0 Å². The fourth-order valence-electron chi connectivity index (χ4n) is 1.64. The first-order valence-corrected chi connectivity index (χ1v) is 7.80. The van der Waals surface area contributed by atoms with Crippen LogP contribution in [0.15, 0.2) is 78.9 Å². The van der Waals surface area contributed by atoms with Crippen LogP contribution in [-0.4, -0.2) is 25.1 Å². The van der Waals surface area contributed by atoms with Crippen LogP contribution in [0.3, 0.4) is 0 Å². The molecule has 0 aromatic heterocycles. The van der Waals surface area contributed by atoms with E-state index >= 15 is 0 Å². The van der Waals surface area contributed by atoms with Gasteiger partial charge in [0.1, 0.15) is 17.2 Å². The number of benzene rings is 3. The Balaban J connectivity index is 0.000000229. The van der Waals surface area contributed by atoms with E-state index in [0.29, 0.717) is 16.7 Å². The van der Waals surface area contributed by atoms with Crippen LogP contribution < -0.4 is 9.61 Å². The second kappa shape index (κ2) is 8.50. The van der Waals surface area contributed by atoms with E-state index < -0.39 is 0 Å². The van der Waals surface area contributed by atoms with E-state index in [1.54, 1.807) is 66.7 Å². The molecule has 3 aromatic carbocycles. The summed E-state index contributed by atoms with van der Waals surface area (Å²) in [5.74, 6) is 1.05. The molecule has 0 fully saturated rings. The molecule has 0 bridgehead atoms. The van der Waals surface area contributed by atoms with Gasteiger partial charge in [-0.1, -0.05) is 48.5 Å². The van der Waals surface area contributed by atoms with Crippen LogP contribution in [0.25, 0.3) is 0 Å². The molecular weight excluding hydrogens is 308 g/mol. The van der Waals surface area contributed by atoms with E-state index in [2.05, 4.69) is 0 Å². The Hall–Kier alpha value is -2.92. The average molecular weight is 324 g/mol. The molecule has 0 aliphatic carbocycles. The van der Waals surface area contributed by atoms with E-state index in [1.165, 1.54) is 0 Å². The van der Waals surface area contributed by atoms with E-state index in [-0.39, 0.29) is 21.3 Å². The first-order chi connectivity index (χ1) is 11.2. The topological polar surface area (TPSA) is 69.9 Å². The molecule has 0 unspecified atom stereocenters. The highest BCUT2D eigenvalue weighted by molar-refractivity contribution is 6.49. The number of aromatic hydroxyl groups is 3. The summed E-state index contributed by atoms with van der Waals surface area (Å²) < 4.78 is 5.42. The van der Waals surface area contributed by atoms with Gasteiger partial charge in [-0.25, -0.2) is 0 Å². The third-order valence-corrected chi connectivity index (χ3v) is 3.76. The first-order valence-electron chi connectivity index (χ1n) is 6.89. The number of rotatable bonds is 3. The van der Waals surface area contributed by atoms with E-state index in [9.17, 15) is 10.2 Å². The zero-order chi connectivity index (χ0) is 16.5. The van der Waals surface area contributed by atoms with Crippen molar-refractivity contribution >= 4 is 14.9 Å². The summed E-state index contributed by atoms with van der Waals surface area (Å²) in [6.45, 7) is 0. The summed E-state index contributed by atoms with van der Waals surface area (Å²) >= 11 is 0. The van der Waals surface area contributed by atoms with Crippen molar-refractivity contribution in [2.24, 2.45) is 0 Å². The molecule has 0 heterocycles. The SMILES string of the molecule is Oc1ccccc1.Oc1ccccc1O[Si]c1ccccc1O. The quantitative estimate of drug-likeness (QED) is 0.648. The second-order valence-corrected chi connectivity index (χ2v) is 5.47. The summed E-state index contributed by atoms with van der Waals surface area (Å²) in [4.78, 5) is 0. The smallest absolute Gasteiger partial charge is 0.355 e. The maximum absolute atomic E-state index is 9.52. The molecule has 3 rings (SSSR count). The second-order valence-electron chi connectivity index (χ2n) is 4.52. The average Bonchev–Trinajstić information content (AvgIpc) is 2.57. The monoisotopic (exact) mass is 324 g/mol. The molecule has 4 nitrogen and oxygen atoms in total. The van der Waals surface area contributed by atoms with Gasteiger partial charge >= 0.3 is 9.76 Å². The van der Waals surface area contributed by atoms with Crippen LogP contribution in [0.4, 0.5) is 0 Å². The van der Waals surface area contributed by atoms with Crippen LogP contribution >= 0.6 is 0 Å². The Labute approximate surface area is 137 Å². The fourth-order valence-corrected chi connectivity index (χ4v) is 2.39. The maximum atomic E-state index is 9.52. The van der Waals surface area contributed by atoms with Gasteiger partial charge < -0.3 is 19.7 Å². The Bertz CT molecular complexity index is 686. The van der Waals surface area contributed by atoms with Crippen LogP contribution in [0.1, 0.15) is 0 Å². The molecule has 0 saturated heterocycles. The number of phenolic OH excluding ortho intramolecular Hbond substituents is 3. The zero-order valence-electron chi connectivity index (χ0n) is 12.3. The third-order valence-electron chi connectivity index (χ3n) is 2.80. The van der Waals surface area contributed by atoms with Crippen molar-refractivity contribution in [3.63, 3.8) is 0 Å². The van der Waals surface area contributed by atoms with Gasteiger partial charge in [-0.3, -0.25) is 0 Å². The van der Waals surface area contributed by atoms with Gasteiger partial charge in [0.15, 0.2) is 5.75 Å². The normalized spacial score (nSPS) is 9.57. The molecule has 0 amide bonds. The molecule has 0 atom stereocenters. The van der Waals surface area contributed by atoms with Gasteiger partial charge in [0.2, 0.25) is 0 Å². The summed E-state index contributed by atoms with van der Waals surface area (Å²) in [6.07, 6.45) is 0. The minimum atomic E-state index is -0.0329. The predicted molar refractivity (Wildman–Crippen MR) is 90.3 cm³/mol. The lowest BCUT2D eigenvalue weighted by molar-refractivity contribution is 0.443. The number of hydrogen-bond acceptors (Lipinski definition) is 4. The van der Waals surface area contributed by atoms with Gasteiger partial charge in [-0.15, -0.1) is 0 Å². The molecular formula is C18H16O4Si. The summed E-state index contributed by atoms with van der Waals surface area (Å²) in [5, 5.41) is 28.3. The standard InChI is InChI=1S/C12H10O3Si.C6H6O/c13-9-5-1-3-7-11(9)15-16-12-8-4-2-6-10(12)14;7-6-4-2-1-3-5-6/h1-8,13-14H;1-5,7H. The highest BCUT2D eigenvalue weighted by atomic mass is 28.2. The van der Waals surface area contributed by atoms with Crippen LogP contribution in [0.5, 0.6) is 23.0 Å². The van der Waals surface area contributed by atoms with Gasteiger partial charge in [0.25, 0.3) is 0 Å². The number of phenols is 3. The van der Waals surface area contributed by atoms with Crippen LogP contribution in [0.2, 0.25) is 0 Å². The highest BCUT2D eigenvalue weighted by Crippen LogP contribution is 2.23. The van der Waals surface area contributed by atoms with Gasteiger partial charge in [-0.05, 0) is 30.3 Å². The van der Waals surface area contributed by atoms with Crippen molar-refractivity contribution in [2.45, 2.75) is 0 Å². The molecule has 0 aliphatic heterocycles. The van der Waals surface area contributed by atoms with Crippen LogP contribution in [0, 0.1) is 0 Å². The minimum Gasteiger partial charge on any atom is -0.533 e. The van der Waals surface area contributed by atoms with E-state index in [4.69, 9.17) is 9.53 Å².